The fraction of sp³-hybridized carbons (Fsp3) is 0.500. The van der Waals surface area contributed by atoms with Crippen molar-refractivity contribution in [1.29, 1.82) is 0 Å². The van der Waals surface area contributed by atoms with Crippen molar-refractivity contribution in [1.82, 2.24) is 14.9 Å². The Kier molecular flexibility index (Phi) is 5.67. The lowest BCUT2D eigenvalue weighted by molar-refractivity contribution is 0.0762. The third kappa shape index (κ3) is 4.05. The van der Waals surface area contributed by atoms with E-state index in [0.717, 1.165) is 60.1 Å². The molecule has 0 radical (unpaired) electrons. The highest BCUT2D eigenvalue weighted by Gasteiger charge is 2.26. The minimum atomic E-state index is 0.101. The van der Waals surface area contributed by atoms with Crippen molar-refractivity contribution in [2.45, 2.75) is 19.8 Å². The van der Waals surface area contributed by atoms with Crippen LogP contribution >= 0.6 is 0 Å². The first-order valence-electron chi connectivity index (χ1n) is 10.3. The van der Waals surface area contributed by atoms with Crippen LogP contribution in [0.2, 0.25) is 0 Å². The predicted octanol–water partition coefficient (Wildman–Crippen LogP) is 1.93. The van der Waals surface area contributed by atoms with E-state index in [2.05, 4.69) is 9.80 Å². The molecule has 2 aliphatic heterocycles. The summed E-state index contributed by atoms with van der Waals surface area (Å²) in [6.45, 7) is 6.37. The van der Waals surface area contributed by atoms with Gasteiger partial charge in [-0.1, -0.05) is 18.2 Å². The molecule has 1 amide bonds. The maximum atomic E-state index is 13.1. The molecule has 0 saturated carbocycles. The van der Waals surface area contributed by atoms with Crippen LogP contribution in [0, 0.1) is 6.92 Å². The number of carbonyl (C=O) groups excluding carboxylic acids is 1. The van der Waals surface area contributed by atoms with Crippen molar-refractivity contribution < 1.29 is 9.53 Å². The van der Waals surface area contributed by atoms with E-state index in [9.17, 15) is 4.79 Å². The van der Waals surface area contributed by atoms with Crippen LogP contribution in [0.5, 0.6) is 0 Å². The van der Waals surface area contributed by atoms with Crippen LogP contribution in [0.25, 0.3) is 0 Å². The van der Waals surface area contributed by atoms with E-state index in [1.807, 2.05) is 50.2 Å². The van der Waals surface area contributed by atoms with Crippen LogP contribution in [0.4, 0.5) is 11.8 Å². The monoisotopic (exact) mass is 395 g/mol. The van der Waals surface area contributed by atoms with E-state index in [4.69, 9.17) is 14.7 Å². The number of benzene rings is 1. The zero-order chi connectivity index (χ0) is 20.4. The minimum Gasteiger partial charge on any atom is -0.378 e. The quantitative estimate of drug-likeness (QED) is 0.791. The molecule has 29 heavy (non-hydrogen) atoms. The van der Waals surface area contributed by atoms with Gasteiger partial charge in [0.25, 0.3) is 5.91 Å². The van der Waals surface area contributed by atoms with Crippen LogP contribution in [-0.4, -0.2) is 74.3 Å². The fourth-order valence-electron chi connectivity index (χ4n) is 4.03. The Hall–Kier alpha value is -2.67. The maximum absolute atomic E-state index is 13.1. The zero-order valence-corrected chi connectivity index (χ0v) is 17.5. The Bertz CT molecular complexity index is 893. The largest absolute Gasteiger partial charge is 0.378 e. The molecule has 0 aliphatic carbocycles. The molecule has 1 aromatic heterocycles. The van der Waals surface area contributed by atoms with Gasteiger partial charge in [0.15, 0.2) is 0 Å². The number of aromatic nitrogens is 2. The number of aryl methyl sites for hydroxylation is 1. The lowest BCUT2D eigenvalue weighted by atomic mass is 10.1. The molecule has 2 aliphatic rings. The minimum absolute atomic E-state index is 0.101. The Morgan fingerprint density at radius 1 is 1.03 bits per heavy atom. The molecule has 0 spiro atoms. The molecule has 4 rings (SSSR count). The molecular formula is C22H29N5O2. The number of anilines is 2. The summed E-state index contributed by atoms with van der Waals surface area (Å²) in [5.41, 5.74) is 4.02. The third-order valence-corrected chi connectivity index (χ3v) is 5.69. The summed E-state index contributed by atoms with van der Waals surface area (Å²) in [6, 6.07) is 7.80. The van der Waals surface area contributed by atoms with Crippen LogP contribution in [0.1, 0.15) is 27.2 Å². The van der Waals surface area contributed by atoms with E-state index in [1.165, 1.54) is 0 Å². The van der Waals surface area contributed by atoms with Gasteiger partial charge in [0.05, 0.1) is 18.9 Å². The molecule has 1 saturated heterocycles. The lowest BCUT2D eigenvalue weighted by Gasteiger charge is -2.28. The molecule has 0 bridgehead atoms. The number of ether oxygens (including phenoxy) is 1. The summed E-state index contributed by atoms with van der Waals surface area (Å²) >= 11 is 0. The predicted molar refractivity (Wildman–Crippen MR) is 114 cm³/mol. The molecule has 7 nitrogen and oxygen atoms in total. The molecule has 7 heteroatoms. The van der Waals surface area contributed by atoms with Gasteiger partial charge in [-0.3, -0.25) is 4.79 Å². The highest BCUT2D eigenvalue weighted by molar-refractivity contribution is 5.95. The lowest BCUT2D eigenvalue weighted by Crippen LogP contribution is -2.38. The van der Waals surface area contributed by atoms with Crippen LogP contribution < -0.4 is 9.80 Å². The number of rotatable bonds is 3. The second kappa shape index (κ2) is 8.37. The summed E-state index contributed by atoms with van der Waals surface area (Å²) in [5, 5.41) is 0. The molecule has 0 unspecified atom stereocenters. The molecular weight excluding hydrogens is 366 g/mol. The highest BCUT2D eigenvalue weighted by atomic mass is 16.5. The number of hydrogen-bond donors (Lipinski definition) is 0. The first-order valence-corrected chi connectivity index (χ1v) is 10.3. The van der Waals surface area contributed by atoms with Crippen molar-refractivity contribution in [2.24, 2.45) is 0 Å². The first-order chi connectivity index (χ1) is 14.0. The van der Waals surface area contributed by atoms with Crippen LogP contribution in [0.15, 0.2) is 24.3 Å². The van der Waals surface area contributed by atoms with Crippen molar-refractivity contribution in [2.75, 3.05) is 63.3 Å². The van der Waals surface area contributed by atoms with E-state index in [-0.39, 0.29) is 5.91 Å². The summed E-state index contributed by atoms with van der Waals surface area (Å²) in [4.78, 5) is 29.1. The number of amides is 1. The number of carbonyl (C=O) groups is 1. The van der Waals surface area contributed by atoms with Crippen LogP contribution in [0.3, 0.4) is 0 Å². The molecule has 1 aromatic carbocycles. The fourth-order valence-corrected chi connectivity index (χ4v) is 4.03. The highest BCUT2D eigenvalue weighted by Crippen LogP contribution is 2.27. The zero-order valence-electron chi connectivity index (χ0n) is 17.5. The molecule has 2 aromatic rings. The number of fused-ring (bicyclic) bond motifs is 1. The van der Waals surface area contributed by atoms with Gasteiger partial charge in [-0.15, -0.1) is 0 Å². The number of hydrogen-bond acceptors (Lipinski definition) is 6. The number of nitrogens with zero attached hydrogens (tertiary/aromatic N) is 5. The third-order valence-electron chi connectivity index (χ3n) is 5.69. The van der Waals surface area contributed by atoms with E-state index in [1.54, 1.807) is 0 Å². The second-order valence-electron chi connectivity index (χ2n) is 7.87. The summed E-state index contributed by atoms with van der Waals surface area (Å²) < 4.78 is 5.47. The van der Waals surface area contributed by atoms with Gasteiger partial charge in [-0.25, -0.2) is 4.98 Å². The van der Waals surface area contributed by atoms with Gasteiger partial charge in [-0.2, -0.15) is 4.98 Å². The topological polar surface area (TPSA) is 61.8 Å². The maximum Gasteiger partial charge on any atom is 0.254 e. The van der Waals surface area contributed by atoms with E-state index in [0.29, 0.717) is 26.3 Å². The summed E-state index contributed by atoms with van der Waals surface area (Å²) in [7, 11) is 4.04. The van der Waals surface area contributed by atoms with Gasteiger partial charge >= 0.3 is 0 Å². The second-order valence-corrected chi connectivity index (χ2v) is 7.87. The average molecular weight is 396 g/mol. The van der Waals surface area contributed by atoms with Crippen molar-refractivity contribution in [3.63, 3.8) is 0 Å². The van der Waals surface area contributed by atoms with Gasteiger partial charge in [-0.05, 0) is 25.0 Å². The molecule has 3 heterocycles. The standard InChI is InChI=1S/C22H29N5O2/c1-16-6-4-5-7-17(16)21(28)26-10-8-18-19(9-11-26)23-22(24-20(18)25(2)3)27-12-14-29-15-13-27/h4-7H,8-15H2,1-3H3. The average Bonchev–Trinajstić information content (AvgIpc) is 2.96. The van der Waals surface area contributed by atoms with Crippen LogP contribution in [-0.2, 0) is 17.6 Å². The summed E-state index contributed by atoms with van der Waals surface area (Å²) in [5.74, 6) is 1.83. The van der Waals surface area contributed by atoms with E-state index >= 15 is 0 Å². The van der Waals surface area contributed by atoms with Crippen molar-refractivity contribution in [3.05, 3.63) is 46.6 Å². The molecule has 154 valence electrons. The molecule has 0 atom stereocenters. The molecule has 0 N–H and O–H groups in total. The van der Waals surface area contributed by atoms with Crippen molar-refractivity contribution in [3.8, 4) is 0 Å². The Labute approximate surface area is 172 Å². The molecule has 1 fully saturated rings. The summed E-state index contributed by atoms with van der Waals surface area (Å²) in [6.07, 6.45) is 1.51. The van der Waals surface area contributed by atoms with Gasteiger partial charge in [0, 0.05) is 57.8 Å². The Balaban J connectivity index is 1.61. The van der Waals surface area contributed by atoms with Gasteiger partial charge in [0.1, 0.15) is 5.82 Å². The Morgan fingerprint density at radius 2 is 1.76 bits per heavy atom. The number of morpholine rings is 1. The van der Waals surface area contributed by atoms with Gasteiger partial charge in [0.2, 0.25) is 5.95 Å². The normalized spacial score (nSPS) is 16.9. The Morgan fingerprint density at radius 3 is 2.48 bits per heavy atom. The smallest absolute Gasteiger partial charge is 0.254 e. The van der Waals surface area contributed by atoms with Crippen molar-refractivity contribution >= 4 is 17.7 Å². The first kappa shape index (κ1) is 19.6. The van der Waals surface area contributed by atoms with Gasteiger partial charge < -0.3 is 19.4 Å². The SMILES string of the molecule is Cc1ccccc1C(=O)N1CCc2nc(N3CCOCC3)nc(N(C)C)c2CC1. The van der Waals surface area contributed by atoms with E-state index < -0.39 is 0 Å².